The lowest BCUT2D eigenvalue weighted by Gasteiger charge is -2.08. The molecular formula is C15H22BrClO. The van der Waals surface area contributed by atoms with Gasteiger partial charge in [-0.05, 0) is 24.1 Å². The van der Waals surface area contributed by atoms with Crippen molar-refractivity contribution in [2.45, 2.75) is 50.8 Å². The summed E-state index contributed by atoms with van der Waals surface area (Å²) < 4.78 is 5.70. The van der Waals surface area contributed by atoms with Crippen LogP contribution < -0.4 is 4.74 Å². The Morgan fingerprint density at radius 1 is 1.11 bits per heavy atom. The Balaban J connectivity index is 2.19. The first-order valence-corrected chi connectivity index (χ1v) is 8.25. The van der Waals surface area contributed by atoms with Crippen molar-refractivity contribution < 1.29 is 4.74 Å². The highest BCUT2D eigenvalue weighted by atomic mass is 79.9. The van der Waals surface area contributed by atoms with Gasteiger partial charge in [0, 0.05) is 5.33 Å². The molecule has 0 aromatic heterocycles. The van der Waals surface area contributed by atoms with E-state index in [1.54, 1.807) is 0 Å². The van der Waals surface area contributed by atoms with Gasteiger partial charge in [-0.2, -0.15) is 0 Å². The van der Waals surface area contributed by atoms with Gasteiger partial charge < -0.3 is 4.74 Å². The Hall–Kier alpha value is -0.210. The van der Waals surface area contributed by atoms with Gasteiger partial charge >= 0.3 is 0 Å². The van der Waals surface area contributed by atoms with Crippen LogP contribution in [0.5, 0.6) is 5.75 Å². The van der Waals surface area contributed by atoms with Crippen LogP contribution in [0, 0.1) is 0 Å². The van der Waals surface area contributed by atoms with Gasteiger partial charge in [-0.3, -0.25) is 0 Å². The van der Waals surface area contributed by atoms with E-state index in [0.717, 1.165) is 24.1 Å². The molecule has 0 aliphatic carbocycles. The van der Waals surface area contributed by atoms with Crippen molar-refractivity contribution in [3.8, 4) is 5.75 Å². The normalized spacial score (nSPS) is 10.6. The number of ether oxygens (including phenoxy) is 1. The number of unbranched alkanes of at least 4 members (excludes halogenated alkanes) is 5. The van der Waals surface area contributed by atoms with Crippen LogP contribution in [0.1, 0.15) is 51.0 Å². The van der Waals surface area contributed by atoms with Crippen LogP contribution in [0.3, 0.4) is 0 Å². The van der Waals surface area contributed by atoms with Crippen LogP contribution in [0.25, 0.3) is 0 Å². The Morgan fingerprint density at radius 3 is 2.50 bits per heavy atom. The lowest BCUT2D eigenvalue weighted by molar-refractivity contribution is 0.304. The summed E-state index contributed by atoms with van der Waals surface area (Å²) in [7, 11) is 0. The molecule has 0 radical (unpaired) electrons. The Labute approximate surface area is 124 Å². The summed E-state index contributed by atoms with van der Waals surface area (Å²) in [6.45, 7) is 3.00. The average molecular weight is 334 g/mol. The zero-order valence-corrected chi connectivity index (χ0v) is 13.4. The van der Waals surface area contributed by atoms with Crippen LogP contribution in [0.15, 0.2) is 18.2 Å². The fourth-order valence-corrected chi connectivity index (χ4v) is 2.42. The van der Waals surface area contributed by atoms with E-state index in [2.05, 4.69) is 22.9 Å². The number of alkyl halides is 1. The molecule has 0 aliphatic heterocycles. The second kappa shape index (κ2) is 9.69. The summed E-state index contributed by atoms with van der Waals surface area (Å²) in [5, 5.41) is 1.53. The van der Waals surface area contributed by atoms with Crippen molar-refractivity contribution in [2.24, 2.45) is 0 Å². The first kappa shape index (κ1) is 15.8. The molecule has 0 heterocycles. The highest BCUT2D eigenvalue weighted by molar-refractivity contribution is 9.08. The molecule has 0 amide bonds. The summed E-state index contributed by atoms with van der Waals surface area (Å²) in [5.41, 5.74) is 1.17. The predicted molar refractivity (Wildman–Crippen MR) is 83.0 cm³/mol. The molecule has 0 N–H and O–H groups in total. The molecule has 0 saturated carbocycles. The van der Waals surface area contributed by atoms with Crippen LogP contribution in [-0.4, -0.2) is 6.61 Å². The third-order valence-corrected chi connectivity index (χ3v) is 3.85. The van der Waals surface area contributed by atoms with Gasteiger partial charge in [-0.25, -0.2) is 0 Å². The van der Waals surface area contributed by atoms with Gasteiger partial charge in [-0.1, -0.05) is 72.6 Å². The third-order valence-electron chi connectivity index (χ3n) is 2.91. The number of hydrogen-bond donors (Lipinski definition) is 0. The van der Waals surface area contributed by atoms with Crippen LogP contribution in [0.2, 0.25) is 5.02 Å². The lowest BCUT2D eigenvalue weighted by Crippen LogP contribution is -1.98. The monoisotopic (exact) mass is 332 g/mol. The molecule has 0 fully saturated rings. The average Bonchev–Trinajstić information content (AvgIpc) is 2.39. The summed E-state index contributed by atoms with van der Waals surface area (Å²) >= 11 is 9.55. The molecule has 0 spiro atoms. The van der Waals surface area contributed by atoms with Crippen LogP contribution >= 0.6 is 27.5 Å². The molecule has 0 atom stereocenters. The summed E-state index contributed by atoms with van der Waals surface area (Å²) in [6, 6.07) is 5.94. The van der Waals surface area contributed by atoms with E-state index in [-0.39, 0.29) is 0 Å². The highest BCUT2D eigenvalue weighted by Gasteiger charge is 2.02. The maximum Gasteiger partial charge on any atom is 0.137 e. The van der Waals surface area contributed by atoms with Gasteiger partial charge in [0.25, 0.3) is 0 Å². The fourth-order valence-electron chi connectivity index (χ4n) is 1.81. The number of benzene rings is 1. The molecule has 1 aromatic carbocycles. The maximum atomic E-state index is 6.14. The van der Waals surface area contributed by atoms with Crippen molar-refractivity contribution in [3.05, 3.63) is 28.8 Å². The second-order valence-corrected chi connectivity index (χ2v) is 5.48. The summed E-state index contributed by atoms with van der Waals surface area (Å²) in [4.78, 5) is 0. The number of halogens is 2. The van der Waals surface area contributed by atoms with Crippen molar-refractivity contribution in [3.63, 3.8) is 0 Å². The molecule has 1 nitrogen and oxygen atoms in total. The Bertz CT molecular complexity index is 341. The zero-order valence-electron chi connectivity index (χ0n) is 11.1. The Kier molecular flexibility index (Phi) is 8.53. The molecule has 0 bridgehead atoms. The Morgan fingerprint density at radius 2 is 1.83 bits per heavy atom. The minimum Gasteiger partial charge on any atom is -0.492 e. The van der Waals surface area contributed by atoms with Gasteiger partial charge in [0.05, 0.1) is 11.6 Å². The maximum absolute atomic E-state index is 6.14. The third kappa shape index (κ3) is 6.10. The van der Waals surface area contributed by atoms with E-state index in [4.69, 9.17) is 16.3 Å². The van der Waals surface area contributed by atoms with Crippen molar-refractivity contribution >= 4 is 27.5 Å². The number of hydrogen-bond acceptors (Lipinski definition) is 1. The molecule has 3 heteroatoms. The van der Waals surface area contributed by atoms with Gasteiger partial charge in [-0.15, -0.1) is 0 Å². The number of rotatable bonds is 9. The topological polar surface area (TPSA) is 9.23 Å². The molecular weight excluding hydrogens is 312 g/mol. The molecule has 0 aliphatic rings. The largest absolute Gasteiger partial charge is 0.492 e. The molecule has 0 unspecified atom stereocenters. The zero-order chi connectivity index (χ0) is 13.2. The first-order valence-electron chi connectivity index (χ1n) is 6.75. The lowest BCUT2D eigenvalue weighted by atomic mass is 10.1. The highest BCUT2D eigenvalue weighted by Crippen LogP contribution is 2.26. The van der Waals surface area contributed by atoms with Crippen molar-refractivity contribution in [1.29, 1.82) is 0 Å². The van der Waals surface area contributed by atoms with E-state index >= 15 is 0 Å². The molecule has 18 heavy (non-hydrogen) atoms. The van der Waals surface area contributed by atoms with Crippen molar-refractivity contribution in [1.82, 2.24) is 0 Å². The molecule has 1 rings (SSSR count). The van der Waals surface area contributed by atoms with E-state index < -0.39 is 0 Å². The first-order chi connectivity index (χ1) is 8.77. The van der Waals surface area contributed by atoms with Gasteiger partial charge in [0.2, 0.25) is 0 Å². The van der Waals surface area contributed by atoms with E-state index in [0.29, 0.717) is 5.02 Å². The molecule has 102 valence electrons. The van der Waals surface area contributed by atoms with Crippen LogP contribution in [0.4, 0.5) is 0 Å². The molecule has 0 saturated heterocycles. The van der Waals surface area contributed by atoms with E-state index in [1.165, 1.54) is 37.7 Å². The van der Waals surface area contributed by atoms with Gasteiger partial charge in [0.15, 0.2) is 0 Å². The SMILES string of the molecule is CCCCCCCCOc1ccc(CBr)cc1Cl. The standard InChI is InChI=1S/C15H22BrClO/c1-2-3-4-5-6-7-10-18-15-9-8-13(12-16)11-14(15)17/h8-9,11H,2-7,10,12H2,1H3. The minimum absolute atomic E-state index is 0.706. The summed E-state index contributed by atoms with van der Waals surface area (Å²) in [6.07, 6.45) is 7.66. The predicted octanol–water partition coefficient (Wildman–Crippen LogP) is 5.97. The van der Waals surface area contributed by atoms with Crippen molar-refractivity contribution in [2.75, 3.05) is 6.61 Å². The smallest absolute Gasteiger partial charge is 0.137 e. The molecule has 1 aromatic rings. The van der Waals surface area contributed by atoms with E-state index in [1.807, 2.05) is 18.2 Å². The summed E-state index contributed by atoms with van der Waals surface area (Å²) in [5.74, 6) is 0.801. The van der Waals surface area contributed by atoms with E-state index in [9.17, 15) is 0 Å². The minimum atomic E-state index is 0.706. The quantitative estimate of drug-likeness (QED) is 0.399. The van der Waals surface area contributed by atoms with Crippen LogP contribution in [-0.2, 0) is 5.33 Å². The van der Waals surface area contributed by atoms with Gasteiger partial charge in [0.1, 0.15) is 5.75 Å². The second-order valence-electron chi connectivity index (χ2n) is 4.51. The fraction of sp³-hybridized carbons (Fsp3) is 0.600.